The van der Waals surface area contributed by atoms with Crippen LogP contribution in [0.15, 0.2) is 34.9 Å². The minimum Gasteiger partial charge on any atom is -0.350 e. The van der Waals surface area contributed by atoms with Gasteiger partial charge in [-0.1, -0.05) is 28.9 Å². The smallest absolute Gasteiger partial charge is 0.292 e. The standard InChI is InChI=1S/C15H16ClN3O2.ClH/c16-11-4-1-3-10(7-11)13-8-14(21-18-13)15(20)19-6-2-5-12(19)9-17;/h1,3-4,7-8,12H,2,5-6,9,17H2;1H. The quantitative estimate of drug-likeness (QED) is 0.931. The number of rotatable bonds is 3. The van der Waals surface area contributed by atoms with Crippen LogP contribution in [0.5, 0.6) is 0 Å². The predicted molar refractivity (Wildman–Crippen MR) is 87.3 cm³/mol. The van der Waals surface area contributed by atoms with Crippen molar-refractivity contribution in [2.45, 2.75) is 18.9 Å². The Hall–Kier alpha value is -1.56. The highest BCUT2D eigenvalue weighted by Crippen LogP contribution is 2.24. The highest BCUT2D eigenvalue weighted by Gasteiger charge is 2.30. The van der Waals surface area contributed by atoms with Gasteiger partial charge in [-0.05, 0) is 25.0 Å². The summed E-state index contributed by atoms with van der Waals surface area (Å²) in [5.41, 5.74) is 7.12. The molecule has 2 N–H and O–H groups in total. The van der Waals surface area contributed by atoms with E-state index in [1.165, 1.54) is 0 Å². The lowest BCUT2D eigenvalue weighted by Gasteiger charge is -2.21. The van der Waals surface area contributed by atoms with Crippen molar-refractivity contribution >= 4 is 29.9 Å². The van der Waals surface area contributed by atoms with Crippen molar-refractivity contribution in [1.82, 2.24) is 10.1 Å². The molecule has 0 radical (unpaired) electrons. The lowest BCUT2D eigenvalue weighted by atomic mass is 10.1. The SMILES string of the molecule is Cl.NCC1CCCN1C(=O)c1cc(-c2cccc(Cl)c2)no1. The first-order valence-electron chi connectivity index (χ1n) is 6.92. The minimum atomic E-state index is -0.149. The molecule has 1 saturated heterocycles. The van der Waals surface area contributed by atoms with Crippen LogP contribution in [0, 0.1) is 0 Å². The Morgan fingerprint density at radius 1 is 1.45 bits per heavy atom. The molecule has 1 fully saturated rings. The first kappa shape index (κ1) is 16.8. The third kappa shape index (κ3) is 3.27. The molecule has 1 aromatic carbocycles. The summed E-state index contributed by atoms with van der Waals surface area (Å²) in [5, 5.41) is 4.58. The molecule has 1 amide bonds. The van der Waals surface area contributed by atoms with E-state index < -0.39 is 0 Å². The molecule has 1 aromatic heterocycles. The molecule has 1 unspecified atom stereocenters. The van der Waals surface area contributed by atoms with Gasteiger partial charge < -0.3 is 15.2 Å². The number of benzene rings is 1. The fraction of sp³-hybridized carbons (Fsp3) is 0.333. The van der Waals surface area contributed by atoms with Gasteiger partial charge >= 0.3 is 0 Å². The van der Waals surface area contributed by atoms with E-state index in [2.05, 4.69) is 5.16 Å². The van der Waals surface area contributed by atoms with Crippen molar-refractivity contribution in [3.8, 4) is 11.3 Å². The monoisotopic (exact) mass is 341 g/mol. The Morgan fingerprint density at radius 3 is 3.00 bits per heavy atom. The van der Waals surface area contributed by atoms with Gasteiger partial charge in [0.25, 0.3) is 5.91 Å². The molecule has 0 spiro atoms. The molecule has 1 aliphatic heterocycles. The first-order valence-corrected chi connectivity index (χ1v) is 7.30. The number of nitrogens with zero attached hydrogens (tertiary/aromatic N) is 2. The van der Waals surface area contributed by atoms with Gasteiger partial charge in [-0.2, -0.15) is 0 Å². The largest absolute Gasteiger partial charge is 0.350 e. The van der Waals surface area contributed by atoms with Gasteiger partial charge in [0.1, 0.15) is 5.69 Å². The van der Waals surface area contributed by atoms with Crippen LogP contribution >= 0.6 is 24.0 Å². The predicted octanol–water partition coefficient (Wildman–Crippen LogP) is 2.98. The summed E-state index contributed by atoms with van der Waals surface area (Å²) < 4.78 is 5.20. The molecule has 3 rings (SSSR count). The number of amides is 1. The zero-order valence-corrected chi connectivity index (χ0v) is 13.4. The highest BCUT2D eigenvalue weighted by atomic mass is 35.5. The third-order valence-corrected chi connectivity index (χ3v) is 3.99. The molecular formula is C15H17Cl2N3O2. The molecule has 2 heterocycles. The Labute approximate surface area is 139 Å². The van der Waals surface area contributed by atoms with Crippen LogP contribution in [-0.2, 0) is 0 Å². The van der Waals surface area contributed by atoms with E-state index in [4.69, 9.17) is 21.9 Å². The second kappa shape index (κ2) is 7.13. The van der Waals surface area contributed by atoms with Crippen LogP contribution < -0.4 is 5.73 Å². The molecule has 1 atom stereocenters. The molecule has 0 bridgehead atoms. The number of halogens is 2. The van der Waals surface area contributed by atoms with Crippen molar-refractivity contribution < 1.29 is 9.32 Å². The van der Waals surface area contributed by atoms with Gasteiger partial charge in [0.05, 0.1) is 0 Å². The fourth-order valence-corrected chi connectivity index (χ4v) is 2.84. The fourth-order valence-electron chi connectivity index (χ4n) is 2.65. The minimum absolute atomic E-state index is 0. The maximum absolute atomic E-state index is 12.4. The Balaban J connectivity index is 0.00000176. The highest BCUT2D eigenvalue weighted by molar-refractivity contribution is 6.30. The number of nitrogens with two attached hydrogens (primary N) is 1. The molecule has 0 aliphatic carbocycles. The zero-order chi connectivity index (χ0) is 14.8. The van der Waals surface area contributed by atoms with Gasteiger partial charge in [0.2, 0.25) is 5.76 Å². The second-order valence-corrected chi connectivity index (χ2v) is 5.55. The Bertz CT molecular complexity index is 660. The average molecular weight is 342 g/mol. The number of hydrogen-bond acceptors (Lipinski definition) is 4. The van der Waals surface area contributed by atoms with Crippen LogP contribution in [0.1, 0.15) is 23.4 Å². The first-order chi connectivity index (χ1) is 10.2. The summed E-state index contributed by atoms with van der Waals surface area (Å²) in [4.78, 5) is 14.2. The molecule has 7 heteroatoms. The molecular weight excluding hydrogens is 325 g/mol. The van der Waals surface area contributed by atoms with Crippen LogP contribution in [0.4, 0.5) is 0 Å². The number of aromatic nitrogens is 1. The van der Waals surface area contributed by atoms with Gasteiger partial charge in [0, 0.05) is 35.8 Å². The van der Waals surface area contributed by atoms with Crippen molar-refractivity contribution in [1.29, 1.82) is 0 Å². The number of likely N-dealkylation sites (tertiary alicyclic amines) is 1. The summed E-state index contributed by atoms with van der Waals surface area (Å²) in [5.74, 6) is 0.0917. The van der Waals surface area contributed by atoms with E-state index >= 15 is 0 Å². The maximum Gasteiger partial charge on any atom is 0.292 e. The zero-order valence-electron chi connectivity index (χ0n) is 11.9. The van der Waals surface area contributed by atoms with E-state index in [9.17, 15) is 4.79 Å². The van der Waals surface area contributed by atoms with Crippen molar-refractivity contribution in [2.75, 3.05) is 13.1 Å². The van der Waals surface area contributed by atoms with Gasteiger partial charge in [0.15, 0.2) is 0 Å². The summed E-state index contributed by atoms with van der Waals surface area (Å²) in [6.07, 6.45) is 1.92. The number of carbonyl (C=O) groups excluding carboxylic acids is 1. The summed E-state index contributed by atoms with van der Waals surface area (Å²) in [6, 6.07) is 9.02. The van der Waals surface area contributed by atoms with E-state index in [0.717, 1.165) is 18.4 Å². The van der Waals surface area contributed by atoms with Crippen molar-refractivity contribution in [2.24, 2.45) is 5.73 Å². The Morgan fingerprint density at radius 2 is 2.27 bits per heavy atom. The van der Waals surface area contributed by atoms with E-state index in [1.54, 1.807) is 23.1 Å². The summed E-state index contributed by atoms with van der Waals surface area (Å²) in [7, 11) is 0. The van der Waals surface area contributed by atoms with Gasteiger partial charge in [-0.25, -0.2) is 0 Å². The van der Waals surface area contributed by atoms with Gasteiger partial charge in [-0.15, -0.1) is 12.4 Å². The van der Waals surface area contributed by atoms with Crippen LogP contribution in [-0.4, -0.2) is 35.1 Å². The molecule has 0 saturated carbocycles. The van der Waals surface area contributed by atoms with E-state index in [1.807, 2.05) is 12.1 Å². The summed E-state index contributed by atoms with van der Waals surface area (Å²) in [6.45, 7) is 1.19. The van der Waals surface area contributed by atoms with E-state index in [0.29, 0.717) is 23.8 Å². The molecule has 2 aromatic rings. The van der Waals surface area contributed by atoms with Crippen LogP contribution in [0.2, 0.25) is 5.02 Å². The number of hydrogen-bond donors (Lipinski definition) is 1. The van der Waals surface area contributed by atoms with E-state index in [-0.39, 0.29) is 30.1 Å². The lowest BCUT2D eigenvalue weighted by molar-refractivity contribution is 0.0699. The number of carbonyl (C=O) groups is 1. The van der Waals surface area contributed by atoms with Crippen molar-refractivity contribution in [3.63, 3.8) is 0 Å². The second-order valence-electron chi connectivity index (χ2n) is 5.12. The summed E-state index contributed by atoms with van der Waals surface area (Å²) >= 11 is 5.96. The normalized spacial score (nSPS) is 17.4. The maximum atomic E-state index is 12.4. The molecule has 22 heavy (non-hydrogen) atoms. The molecule has 5 nitrogen and oxygen atoms in total. The molecule has 1 aliphatic rings. The molecule has 118 valence electrons. The van der Waals surface area contributed by atoms with Crippen molar-refractivity contribution in [3.05, 3.63) is 41.1 Å². The average Bonchev–Trinajstić information content (AvgIpc) is 3.15. The van der Waals surface area contributed by atoms with Crippen LogP contribution in [0.25, 0.3) is 11.3 Å². The third-order valence-electron chi connectivity index (χ3n) is 3.75. The lowest BCUT2D eigenvalue weighted by Crippen LogP contribution is -2.39. The van der Waals surface area contributed by atoms with Gasteiger partial charge in [-0.3, -0.25) is 4.79 Å². The van der Waals surface area contributed by atoms with Crippen LogP contribution in [0.3, 0.4) is 0 Å². The topological polar surface area (TPSA) is 72.4 Å². The Kier molecular flexibility index (Phi) is 5.45.